The normalized spacial score (nSPS) is 20.5. The van der Waals surface area contributed by atoms with E-state index < -0.39 is 11.7 Å². The van der Waals surface area contributed by atoms with Crippen molar-refractivity contribution in [3.63, 3.8) is 0 Å². The molecular formula is C20H25NO3. The predicted molar refractivity (Wildman–Crippen MR) is 93.7 cm³/mol. The molecule has 128 valence electrons. The first-order valence-corrected chi connectivity index (χ1v) is 8.48. The van der Waals surface area contributed by atoms with Gasteiger partial charge in [0.15, 0.2) is 0 Å². The molecule has 0 bridgehead atoms. The van der Waals surface area contributed by atoms with Crippen molar-refractivity contribution in [3.05, 3.63) is 65.7 Å². The second-order valence-corrected chi connectivity index (χ2v) is 6.71. The van der Waals surface area contributed by atoms with Crippen molar-refractivity contribution in [1.29, 1.82) is 0 Å². The van der Waals surface area contributed by atoms with Gasteiger partial charge in [0.05, 0.1) is 11.7 Å². The number of hydrogen-bond acceptors (Lipinski definition) is 4. The van der Waals surface area contributed by atoms with E-state index in [1.54, 1.807) is 24.3 Å². The first-order chi connectivity index (χ1) is 11.5. The van der Waals surface area contributed by atoms with Gasteiger partial charge >= 0.3 is 0 Å². The van der Waals surface area contributed by atoms with Crippen LogP contribution in [0.4, 0.5) is 0 Å². The maximum absolute atomic E-state index is 10.9. The van der Waals surface area contributed by atoms with Crippen LogP contribution in [0.1, 0.15) is 37.0 Å². The van der Waals surface area contributed by atoms with Crippen LogP contribution in [0.25, 0.3) is 0 Å². The minimum Gasteiger partial charge on any atom is -0.508 e. The summed E-state index contributed by atoms with van der Waals surface area (Å²) in [6, 6.07) is 16.5. The van der Waals surface area contributed by atoms with E-state index in [0.717, 1.165) is 24.2 Å². The summed E-state index contributed by atoms with van der Waals surface area (Å²) < 4.78 is 0. The number of nitrogens with zero attached hydrogens (tertiary/aromatic N) is 1. The molecule has 0 amide bonds. The van der Waals surface area contributed by atoms with E-state index in [4.69, 9.17) is 0 Å². The summed E-state index contributed by atoms with van der Waals surface area (Å²) in [4.78, 5) is 2.22. The minimum absolute atomic E-state index is 0.0464. The predicted octanol–water partition coefficient (Wildman–Crippen LogP) is 2.80. The molecule has 1 aliphatic rings. The first-order valence-electron chi connectivity index (χ1n) is 8.48. The summed E-state index contributed by atoms with van der Waals surface area (Å²) in [5, 5.41) is 30.9. The van der Waals surface area contributed by atoms with Crippen LogP contribution in [-0.2, 0) is 5.60 Å². The highest BCUT2D eigenvalue weighted by Crippen LogP contribution is 2.34. The number of phenolic OH excluding ortho intramolecular Hbond substituents is 1. The summed E-state index contributed by atoms with van der Waals surface area (Å²) in [5.74, 6) is 0.199. The molecule has 0 aliphatic carbocycles. The fourth-order valence-electron chi connectivity index (χ4n) is 3.49. The molecule has 1 heterocycles. The quantitative estimate of drug-likeness (QED) is 0.808. The third-order valence-electron chi connectivity index (χ3n) is 5.20. The van der Waals surface area contributed by atoms with E-state index in [1.165, 1.54) is 0 Å². The monoisotopic (exact) mass is 327 g/mol. The lowest BCUT2D eigenvalue weighted by molar-refractivity contribution is -0.0501. The number of rotatable bonds is 4. The van der Waals surface area contributed by atoms with Crippen molar-refractivity contribution < 1.29 is 15.3 Å². The second kappa shape index (κ2) is 6.93. The Bertz CT molecular complexity index is 648. The third-order valence-corrected chi connectivity index (χ3v) is 5.20. The highest BCUT2D eigenvalue weighted by molar-refractivity contribution is 5.28. The number of aliphatic hydroxyl groups is 2. The average molecular weight is 327 g/mol. The van der Waals surface area contributed by atoms with Gasteiger partial charge in [-0.15, -0.1) is 0 Å². The van der Waals surface area contributed by atoms with Gasteiger partial charge in [0.25, 0.3) is 0 Å². The summed E-state index contributed by atoms with van der Waals surface area (Å²) in [6.07, 6.45) is 0.696. The number of likely N-dealkylation sites (tertiary alicyclic amines) is 1. The van der Waals surface area contributed by atoms with Crippen molar-refractivity contribution in [2.45, 2.75) is 37.5 Å². The zero-order chi connectivity index (χ0) is 17.2. The zero-order valence-electron chi connectivity index (χ0n) is 14.0. The fourth-order valence-corrected chi connectivity index (χ4v) is 3.49. The van der Waals surface area contributed by atoms with E-state index in [2.05, 4.69) is 4.90 Å². The lowest BCUT2D eigenvalue weighted by Gasteiger charge is -2.42. The Morgan fingerprint density at radius 1 is 0.958 bits per heavy atom. The molecule has 0 aromatic heterocycles. The molecule has 0 radical (unpaired) electrons. The number of aromatic hydroxyl groups is 1. The van der Waals surface area contributed by atoms with E-state index in [0.29, 0.717) is 12.8 Å². The Balaban J connectivity index is 1.64. The van der Waals surface area contributed by atoms with Crippen molar-refractivity contribution in [1.82, 2.24) is 4.90 Å². The molecule has 4 heteroatoms. The third kappa shape index (κ3) is 3.46. The number of aliphatic hydroxyl groups excluding tert-OH is 1. The maximum Gasteiger partial charge on any atom is 0.115 e. The lowest BCUT2D eigenvalue weighted by Crippen LogP contribution is -2.47. The van der Waals surface area contributed by atoms with Crippen LogP contribution in [-0.4, -0.2) is 39.4 Å². The molecule has 0 saturated carbocycles. The number of phenols is 1. The molecule has 0 unspecified atom stereocenters. The molecule has 1 fully saturated rings. The zero-order valence-corrected chi connectivity index (χ0v) is 14.0. The first kappa shape index (κ1) is 17.0. The number of benzene rings is 2. The van der Waals surface area contributed by atoms with E-state index in [1.807, 2.05) is 37.3 Å². The Morgan fingerprint density at radius 3 is 2.12 bits per heavy atom. The lowest BCUT2D eigenvalue weighted by atomic mass is 9.83. The van der Waals surface area contributed by atoms with Crippen LogP contribution in [0.5, 0.6) is 5.75 Å². The highest BCUT2D eigenvalue weighted by Gasteiger charge is 2.36. The largest absolute Gasteiger partial charge is 0.508 e. The van der Waals surface area contributed by atoms with Crippen LogP contribution in [0.3, 0.4) is 0 Å². The molecular weight excluding hydrogens is 302 g/mol. The van der Waals surface area contributed by atoms with Crippen LogP contribution in [0, 0.1) is 0 Å². The van der Waals surface area contributed by atoms with E-state index in [-0.39, 0.29) is 11.8 Å². The van der Waals surface area contributed by atoms with Crippen molar-refractivity contribution in [2.75, 3.05) is 13.1 Å². The molecule has 2 aromatic carbocycles. The average Bonchev–Trinajstić information content (AvgIpc) is 2.62. The van der Waals surface area contributed by atoms with Crippen LogP contribution >= 0.6 is 0 Å². The molecule has 1 saturated heterocycles. The standard InChI is InChI=1S/C20H25NO3/c1-15(19(23)16-7-9-18(22)10-8-16)21-13-11-20(24,12-14-21)17-5-3-2-4-6-17/h2-10,15,19,22-24H,11-14H2,1H3/t15-,19-/m1/s1. The summed E-state index contributed by atoms with van der Waals surface area (Å²) in [6.45, 7) is 3.48. The van der Waals surface area contributed by atoms with Crippen LogP contribution < -0.4 is 0 Å². The molecule has 2 aromatic rings. The van der Waals surface area contributed by atoms with Gasteiger partial charge in [0.1, 0.15) is 5.75 Å². The number of hydrogen-bond donors (Lipinski definition) is 3. The number of piperidine rings is 1. The topological polar surface area (TPSA) is 63.9 Å². The molecule has 1 aliphatic heterocycles. The van der Waals surface area contributed by atoms with Gasteiger partial charge in [-0.05, 0) is 43.0 Å². The van der Waals surface area contributed by atoms with Crippen LogP contribution in [0.2, 0.25) is 0 Å². The SMILES string of the molecule is C[C@H]([C@@H](O)c1ccc(O)cc1)N1CCC(O)(c2ccccc2)CC1. The van der Waals surface area contributed by atoms with Gasteiger partial charge in [-0.1, -0.05) is 42.5 Å². The van der Waals surface area contributed by atoms with Gasteiger partial charge in [-0.25, -0.2) is 0 Å². The Morgan fingerprint density at radius 2 is 1.54 bits per heavy atom. The van der Waals surface area contributed by atoms with Gasteiger partial charge in [-0.3, -0.25) is 4.90 Å². The Kier molecular flexibility index (Phi) is 4.90. The van der Waals surface area contributed by atoms with Crippen molar-refractivity contribution in [3.8, 4) is 5.75 Å². The smallest absolute Gasteiger partial charge is 0.115 e. The summed E-state index contributed by atoms with van der Waals surface area (Å²) in [7, 11) is 0. The molecule has 2 atom stereocenters. The molecule has 0 spiro atoms. The molecule has 3 N–H and O–H groups in total. The summed E-state index contributed by atoms with van der Waals surface area (Å²) in [5.41, 5.74) is 0.988. The Labute approximate surface area is 143 Å². The molecule has 4 nitrogen and oxygen atoms in total. The van der Waals surface area contributed by atoms with Gasteiger partial charge < -0.3 is 15.3 Å². The van der Waals surface area contributed by atoms with E-state index >= 15 is 0 Å². The van der Waals surface area contributed by atoms with Crippen LogP contribution in [0.15, 0.2) is 54.6 Å². The summed E-state index contributed by atoms with van der Waals surface area (Å²) >= 11 is 0. The fraction of sp³-hybridized carbons (Fsp3) is 0.400. The molecule has 24 heavy (non-hydrogen) atoms. The van der Waals surface area contributed by atoms with Gasteiger partial charge in [0, 0.05) is 19.1 Å². The van der Waals surface area contributed by atoms with Gasteiger partial charge in [0.2, 0.25) is 0 Å². The highest BCUT2D eigenvalue weighted by atomic mass is 16.3. The molecule has 3 rings (SSSR count). The van der Waals surface area contributed by atoms with E-state index in [9.17, 15) is 15.3 Å². The Hall–Kier alpha value is -1.88. The van der Waals surface area contributed by atoms with Crippen molar-refractivity contribution >= 4 is 0 Å². The van der Waals surface area contributed by atoms with Gasteiger partial charge in [-0.2, -0.15) is 0 Å². The second-order valence-electron chi connectivity index (χ2n) is 6.71. The minimum atomic E-state index is -0.777. The maximum atomic E-state index is 10.9. The van der Waals surface area contributed by atoms with Crippen molar-refractivity contribution in [2.24, 2.45) is 0 Å².